The molecule has 2 N–H and O–H groups in total. The Bertz CT molecular complexity index is 2050. The van der Waals surface area contributed by atoms with Crippen molar-refractivity contribution in [2.24, 2.45) is 0 Å². The number of ketones is 1. The summed E-state index contributed by atoms with van der Waals surface area (Å²) in [5.41, 5.74) is -1.96. The van der Waals surface area contributed by atoms with Crippen molar-refractivity contribution in [3.05, 3.63) is 94.5 Å². The summed E-state index contributed by atoms with van der Waals surface area (Å²) in [5.74, 6) is -0.888. The van der Waals surface area contributed by atoms with Gasteiger partial charge in [0.05, 0.1) is 25.2 Å². The number of nitrogens with one attached hydrogen (secondary N) is 2. The van der Waals surface area contributed by atoms with Crippen molar-refractivity contribution in [1.29, 1.82) is 0 Å². The van der Waals surface area contributed by atoms with E-state index in [4.69, 9.17) is 34.9 Å². The van der Waals surface area contributed by atoms with E-state index < -0.39 is 78.7 Å². The minimum atomic E-state index is -4.19. The summed E-state index contributed by atoms with van der Waals surface area (Å²) in [5, 5.41) is 0.448. The highest BCUT2D eigenvalue weighted by Gasteiger charge is 2.45. The van der Waals surface area contributed by atoms with Gasteiger partial charge in [0, 0.05) is 52.7 Å². The molecule has 4 heterocycles. The smallest absolute Gasteiger partial charge is 0.394 e. The zero-order valence-electron chi connectivity index (χ0n) is 28.2. The number of carbonyl (C=O) groups is 2. The molecule has 51 heavy (non-hydrogen) atoms. The number of hydrogen-bond donors (Lipinski definition) is 2. The van der Waals surface area contributed by atoms with Crippen molar-refractivity contribution in [2.45, 2.75) is 102 Å². The molecule has 2 aliphatic rings. The van der Waals surface area contributed by atoms with Crippen LogP contribution in [0.1, 0.15) is 69.5 Å². The van der Waals surface area contributed by atoms with E-state index in [0.29, 0.717) is 21.9 Å². The van der Waals surface area contributed by atoms with Crippen LogP contribution in [0.15, 0.2) is 60.7 Å². The van der Waals surface area contributed by atoms with Gasteiger partial charge in [-0.05, 0) is 62.8 Å². The third-order valence-corrected chi connectivity index (χ3v) is 12.2. The Labute approximate surface area is 300 Å². The summed E-state index contributed by atoms with van der Waals surface area (Å²) in [7, 11) is 0. The van der Waals surface area contributed by atoms with Gasteiger partial charge in [0.15, 0.2) is 0 Å². The number of rotatable bonds is 14. The van der Waals surface area contributed by atoms with Crippen LogP contribution in [-0.4, -0.2) is 61.9 Å². The summed E-state index contributed by atoms with van der Waals surface area (Å²) in [6.07, 6.45) is -2.37. The summed E-state index contributed by atoms with van der Waals surface area (Å²) in [6.45, 7) is 1.63. The topological polar surface area (TPSA) is 207 Å². The Hall–Kier alpha value is -3.57. The Kier molecular flexibility index (Phi) is 12.4. The first-order valence-electron chi connectivity index (χ1n) is 16.2. The lowest BCUT2D eigenvalue weighted by molar-refractivity contribution is -0.153. The van der Waals surface area contributed by atoms with Gasteiger partial charge >= 0.3 is 24.1 Å². The van der Waals surface area contributed by atoms with Crippen molar-refractivity contribution in [3.63, 3.8) is 0 Å². The second-order valence-electron chi connectivity index (χ2n) is 12.3. The lowest BCUT2D eigenvalue weighted by atomic mass is 10.1. The maximum absolute atomic E-state index is 14.7. The fourth-order valence-electron chi connectivity index (χ4n) is 5.63. The van der Waals surface area contributed by atoms with Crippen LogP contribution in [-0.2, 0) is 37.4 Å². The number of esters is 1. The van der Waals surface area contributed by atoms with E-state index in [2.05, 4.69) is 9.97 Å². The van der Waals surface area contributed by atoms with Gasteiger partial charge in [0.25, 0.3) is 11.1 Å². The zero-order valence-corrected chi connectivity index (χ0v) is 30.7. The number of H-pyrrole nitrogens is 2. The SMILES string of the molecule is CC[C@H]1O[C@@H](n2cc(C)c(=O)[nH]c2=O)C[C@H]1OP(=O)(OC[C@H]1O[C@@H](n2cc(C)c(=O)[nH]c2=O)C[C@H]1OC(=O)CCC(C)=O)Sc1ccc(Cl)cc1. The van der Waals surface area contributed by atoms with E-state index in [1.54, 1.807) is 31.2 Å². The van der Waals surface area contributed by atoms with E-state index in [0.717, 1.165) is 15.9 Å². The number of aromatic nitrogens is 4. The summed E-state index contributed by atoms with van der Waals surface area (Å²) in [4.78, 5) is 78.4. The van der Waals surface area contributed by atoms with Gasteiger partial charge in [-0.25, -0.2) is 14.2 Å². The fraction of sp³-hybridized carbons (Fsp3) is 0.500. The predicted molar refractivity (Wildman–Crippen MR) is 185 cm³/mol. The van der Waals surface area contributed by atoms with Crippen LogP contribution in [0, 0.1) is 13.8 Å². The first-order valence-corrected chi connectivity index (χ1v) is 19.5. The molecule has 7 atom stereocenters. The molecule has 0 bridgehead atoms. The first-order chi connectivity index (χ1) is 24.1. The lowest BCUT2D eigenvalue weighted by Gasteiger charge is -2.26. The molecule has 2 saturated heterocycles. The van der Waals surface area contributed by atoms with Gasteiger partial charge in [-0.1, -0.05) is 18.5 Å². The van der Waals surface area contributed by atoms with Gasteiger partial charge in [0.1, 0.15) is 30.4 Å². The number of aromatic amines is 2. The van der Waals surface area contributed by atoms with Crippen LogP contribution in [0.2, 0.25) is 5.02 Å². The van der Waals surface area contributed by atoms with Crippen molar-refractivity contribution in [3.8, 4) is 0 Å². The normalized spacial score (nSPS) is 24.3. The standard InChI is InChI=1S/C32H38ClN4O12PS/c1-5-22-24(13-27(46-22)37-15-18(3)30(41)35-32(37)43)49-50(44,51-21-9-7-20(33)8-10-21)45-16-25-23(48-28(39)11-6-19(4)38)12-26(47-25)36-14-17(2)29(40)34-31(36)42/h7-10,14-15,22-27H,5-6,11-13,16H2,1-4H3,(H,34,40,42)(H,35,41,43)/t22-,23-,24-,25-,26-,27-,50?/m1/s1. The number of Topliss-reactive ketones (excluding diaryl/α,β-unsaturated/α-hetero) is 1. The Balaban J connectivity index is 1.41. The lowest BCUT2D eigenvalue weighted by Crippen LogP contribution is -2.33. The highest BCUT2D eigenvalue weighted by molar-refractivity contribution is 8.55. The van der Waals surface area contributed by atoms with Crippen LogP contribution in [0.3, 0.4) is 0 Å². The average Bonchev–Trinajstić information content (AvgIpc) is 3.66. The molecule has 1 unspecified atom stereocenters. The molecule has 276 valence electrons. The van der Waals surface area contributed by atoms with Gasteiger partial charge < -0.3 is 19.0 Å². The number of halogens is 1. The number of aryl methyl sites for hydroxylation is 2. The summed E-state index contributed by atoms with van der Waals surface area (Å²) < 4.78 is 47.3. The summed E-state index contributed by atoms with van der Waals surface area (Å²) >= 11 is 6.88. The number of carbonyl (C=O) groups excluding carboxylic acids is 2. The Morgan fingerprint density at radius 3 is 2.00 bits per heavy atom. The molecule has 2 aliphatic heterocycles. The van der Waals surface area contributed by atoms with Crippen molar-refractivity contribution in [1.82, 2.24) is 19.1 Å². The van der Waals surface area contributed by atoms with Gasteiger partial charge in [-0.3, -0.25) is 42.5 Å². The molecule has 2 aromatic heterocycles. The third-order valence-electron chi connectivity index (χ3n) is 8.33. The van der Waals surface area contributed by atoms with Crippen LogP contribution >= 0.6 is 29.8 Å². The van der Waals surface area contributed by atoms with Gasteiger partial charge in [-0.15, -0.1) is 0 Å². The van der Waals surface area contributed by atoms with Crippen LogP contribution in [0.4, 0.5) is 0 Å². The quantitative estimate of drug-likeness (QED) is 0.176. The second-order valence-corrected chi connectivity index (χ2v) is 16.6. The molecule has 3 aromatic rings. The minimum Gasteiger partial charge on any atom is -0.459 e. The molecule has 0 radical (unpaired) electrons. The third kappa shape index (κ3) is 9.66. The molecule has 19 heteroatoms. The van der Waals surface area contributed by atoms with Gasteiger partial charge in [-0.2, -0.15) is 0 Å². The van der Waals surface area contributed by atoms with Gasteiger partial charge in [0.2, 0.25) is 0 Å². The maximum Gasteiger partial charge on any atom is 0.394 e. The molecule has 5 rings (SSSR count). The van der Waals surface area contributed by atoms with Crippen molar-refractivity contribution < 1.29 is 37.4 Å². The molecule has 2 fully saturated rings. The molecule has 0 saturated carbocycles. The van der Waals surface area contributed by atoms with E-state index >= 15 is 0 Å². The molecular formula is C32H38ClN4O12PS. The Morgan fingerprint density at radius 1 is 0.902 bits per heavy atom. The van der Waals surface area contributed by atoms with E-state index in [9.17, 15) is 33.3 Å². The maximum atomic E-state index is 14.7. The predicted octanol–water partition coefficient (Wildman–Crippen LogP) is 3.93. The largest absolute Gasteiger partial charge is 0.459 e. The molecule has 16 nitrogen and oxygen atoms in total. The molecule has 0 spiro atoms. The van der Waals surface area contributed by atoms with Crippen LogP contribution < -0.4 is 22.5 Å². The van der Waals surface area contributed by atoms with Crippen LogP contribution in [0.25, 0.3) is 0 Å². The van der Waals surface area contributed by atoms with E-state index in [1.165, 1.54) is 30.8 Å². The highest BCUT2D eigenvalue weighted by atomic mass is 35.5. The summed E-state index contributed by atoms with van der Waals surface area (Å²) in [6, 6.07) is 6.47. The molecule has 1 aromatic carbocycles. The second kappa shape index (κ2) is 16.4. The number of ether oxygens (including phenoxy) is 3. The van der Waals surface area contributed by atoms with Crippen LogP contribution in [0.5, 0.6) is 0 Å². The van der Waals surface area contributed by atoms with Crippen molar-refractivity contribution >= 4 is 41.5 Å². The monoisotopic (exact) mass is 768 g/mol. The number of hydrogen-bond acceptors (Lipinski definition) is 13. The number of nitrogens with zero attached hydrogens (tertiary/aromatic N) is 2. The molecular weight excluding hydrogens is 731 g/mol. The number of benzene rings is 1. The van der Waals surface area contributed by atoms with E-state index in [1.807, 2.05) is 6.92 Å². The molecule has 0 amide bonds. The Morgan fingerprint density at radius 2 is 1.45 bits per heavy atom. The highest BCUT2D eigenvalue weighted by Crippen LogP contribution is 2.65. The first kappa shape index (κ1) is 38.7. The fourth-order valence-corrected chi connectivity index (χ4v) is 9.25. The van der Waals surface area contributed by atoms with E-state index in [-0.39, 0.29) is 37.0 Å². The minimum absolute atomic E-state index is 0.0237. The molecule has 0 aliphatic carbocycles. The van der Waals surface area contributed by atoms with Crippen molar-refractivity contribution in [2.75, 3.05) is 6.61 Å². The average molecular weight is 769 g/mol. The zero-order chi connectivity index (χ0) is 37.0.